The molecule has 1 atom stereocenters. The van der Waals surface area contributed by atoms with Gasteiger partial charge in [-0.25, -0.2) is 0 Å². The Morgan fingerprint density at radius 1 is 1.15 bits per heavy atom. The van der Waals surface area contributed by atoms with Crippen LogP contribution in [0.1, 0.15) is 51.6 Å². The number of hydrogen-bond donors (Lipinski definition) is 1. The number of hydrogen-bond acceptors (Lipinski definition) is 2. The number of benzene rings is 1. The average molecular weight is 274 g/mol. The summed E-state index contributed by atoms with van der Waals surface area (Å²) in [6.45, 7) is 10.3. The molecule has 20 heavy (non-hydrogen) atoms. The summed E-state index contributed by atoms with van der Waals surface area (Å²) in [7, 11) is 0. The lowest BCUT2D eigenvalue weighted by molar-refractivity contribution is 0.0798. The number of nitrogens with zero attached hydrogens (tertiary/aromatic N) is 1. The summed E-state index contributed by atoms with van der Waals surface area (Å²) in [5.41, 5.74) is 7.71. The first kappa shape index (κ1) is 15.5. The Kier molecular flexibility index (Phi) is 5.22. The molecule has 2 N–H and O–H groups in total. The van der Waals surface area contributed by atoms with Crippen LogP contribution in [-0.4, -0.2) is 24.5 Å². The van der Waals surface area contributed by atoms with Crippen LogP contribution in [0.4, 0.5) is 0 Å². The smallest absolute Gasteiger partial charge is 0.0360 e. The number of piperidine rings is 1. The van der Waals surface area contributed by atoms with E-state index in [2.05, 4.69) is 56.0 Å². The van der Waals surface area contributed by atoms with E-state index in [9.17, 15) is 0 Å². The SMILES string of the molecule is CC(C)(C)C1CCN(C(CCN)c2ccccc2)CC1. The normalized spacial score (nSPS) is 20.0. The molecule has 1 fully saturated rings. The number of nitrogens with two attached hydrogens (primary N) is 1. The summed E-state index contributed by atoms with van der Waals surface area (Å²) >= 11 is 0. The summed E-state index contributed by atoms with van der Waals surface area (Å²) in [6, 6.07) is 11.4. The van der Waals surface area contributed by atoms with Crippen molar-refractivity contribution in [2.45, 2.75) is 46.1 Å². The van der Waals surface area contributed by atoms with Crippen LogP contribution in [0, 0.1) is 11.3 Å². The number of rotatable bonds is 4. The minimum atomic E-state index is 0.447. The van der Waals surface area contributed by atoms with Gasteiger partial charge in [0, 0.05) is 6.04 Å². The fourth-order valence-corrected chi connectivity index (χ4v) is 3.47. The highest BCUT2D eigenvalue weighted by molar-refractivity contribution is 5.19. The lowest BCUT2D eigenvalue weighted by Crippen LogP contribution is -2.40. The van der Waals surface area contributed by atoms with Gasteiger partial charge in [-0.15, -0.1) is 0 Å². The summed E-state index contributed by atoms with van der Waals surface area (Å²) in [5.74, 6) is 0.855. The Bertz CT molecular complexity index is 386. The minimum absolute atomic E-state index is 0.447. The van der Waals surface area contributed by atoms with Crippen LogP contribution in [0.25, 0.3) is 0 Å². The van der Waals surface area contributed by atoms with Crippen LogP contribution in [0.3, 0.4) is 0 Å². The molecule has 1 saturated heterocycles. The molecule has 2 heteroatoms. The fraction of sp³-hybridized carbons (Fsp3) is 0.667. The van der Waals surface area contributed by atoms with E-state index in [1.165, 1.54) is 31.5 Å². The van der Waals surface area contributed by atoms with Gasteiger partial charge in [-0.1, -0.05) is 51.1 Å². The molecule has 1 aliphatic rings. The molecule has 1 aromatic carbocycles. The summed E-state index contributed by atoms with van der Waals surface area (Å²) in [5, 5.41) is 0. The Morgan fingerprint density at radius 3 is 2.25 bits per heavy atom. The van der Waals surface area contributed by atoms with Gasteiger partial charge in [0.1, 0.15) is 0 Å². The summed E-state index contributed by atoms with van der Waals surface area (Å²) < 4.78 is 0. The van der Waals surface area contributed by atoms with Gasteiger partial charge in [-0.2, -0.15) is 0 Å². The number of likely N-dealkylation sites (tertiary alicyclic amines) is 1. The average Bonchev–Trinajstić information content (AvgIpc) is 2.45. The zero-order valence-electron chi connectivity index (χ0n) is 13.3. The zero-order chi connectivity index (χ0) is 14.6. The van der Waals surface area contributed by atoms with Crippen molar-refractivity contribution in [3.63, 3.8) is 0 Å². The maximum atomic E-state index is 5.84. The van der Waals surface area contributed by atoms with Gasteiger partial charge in [0.2, 0.25) is 0 Å². The molecule has 1 aromatic rings. The van der Waals surface area contributed by atoms with Gasteiger partial charge in [0.15, 0.2) is 0 Å². The van der Waals surface area contributed by atoms with E-state index in [0.717, 1.165) is 18.9 Å². The van der Waals surface area contributed by atoms with Crippen LogP contribution >= 0.6 is 0 Å². The highest BCUT2D eigenvalue weighted by atomic mass is 15.2. The van der Waals surface area contributed by atoms with Gasteiger partial charge < -0.3 is 5.73 Å². The third-order valence-corrected chi connectivity index (χ3v) is 4.82. The molecular weight excluding hydrogens is 244 g/mol. The van der Waals surface area contributed by atoms with Crippen LogP contribution in [0.5, 0.6) is 0 Å². The second-order valence-corrected chi connectivity index (χ2v) is 7.18. The molecule has 2 rings (SSSR count). The highest BCUT2D eigenvalue weighted by Gasteiger charge is 2.31. The Balaban J connectivity index is 2.02. The first-order valence-corrected chi connectivity index (χ1v) is 8.01. The lowest BCUT2D eigenvalue weighted by atomic mass is 9.75. The molecule has 0 amide bonds. The maximum absolute atomic E-state index is 5.84. The molecular formula is C18H30N2. The molecule has 1 heterocycles. The van der Waals surface area contributed by atoms with E-state index in [1.807, 2.05) is 0 Å². The lowest BCUT2D eigenvalue weighted by Gasteiger charge is -2.42. The second kappa shape index (κ2) is 6.73. The van der Waals surface area contributed by atoms with Gasteiger partial charge in [0.05, 0.1) is 0 Å². The molecule has 1 unspecified atom stereocenters. The van der Waals surface area contributed by atoms with Gasteiger partial charge in [-0.05, 0) is 55.8 Å². The molecule has 0 saturated carbocycles. The highest BCUT2D eigenvalue weighted by Crippen LogP contribution is 2.37. The minimum Gasteiger partial charge on any atom is -0.330 e. The molecule has 0 radical (unpaired) electrons. The molecule has 112 valence electrons. The van der Waals surface area contributed by atoms with Crippen LogP contribution in [0.2, 0.25) is 0 Å². The molecule has 0 aromatic heterocycles. The van der Waals surface area contributed by atoms with E-state index in [-0.39, 0.29) is 0 Å². The summed E-state index contributed by atoms with van der Waals surface area (Å²) in [4.78, 5) is 2.64. The largest absolute Gasteiger partial charge is 0.330 e. The van der Waals surface area contributed by atoms with E-state index >= 15 is 0 Å². The zero-order valence-corrected chi connectivity index (χ0v) is 13.3. The van der Waals surface area contributed by atoms with Crippen LogP contribution < -0.4 is 5.73 Å². The van der Waals surface area contributed by atoms with Crippen molar-refractivity contribution in [2.75, 3.05) is 19.6 Å². The predicted molar refractivity (Wildman–Crippen MR) is 86.6 cm³/mol. The van der Waals surface area contributed by atoms with E-state index in [4.69, 9.17) is 5.73 Å². The monoisotopic (exact) mass is 274 g/mol. The molecule has 0 spiro atoms. The van der Waals surface area contributed by atoms with Crippen molar-refractivity contribution in [1.29, 1.82) is 0 Å². The second-order valence-electron chi connectivity index (χ2n) is 7.18. The Morgan fingerprint density at radius 2 is 1.75 bits per heavy atom. The first-order chi connectivity index (χ1) is 9.52. The van der Waals surface area contributed by atoms with Crippen LogP contribution in [-0.2, 0) is 0 Å². The first-order valence-electron chi connectivity index (χ1n) is 8.01. The Labute approximate surface area is 124 Å². The maximum Gasteiger partial charge on any atom is 0.0360 e. The van der Waals surface area contributed by atoms with Gasteiger partial charge in [0.25, 0.3) is 0 Å². The predicted octanol–water partition coefficient (Wildman–Crippen LogP) is 3.83. The van der Waals surface area contributed by atoms with Crippen molar-refractivity contribution in [2.24, 2.45) is 17.1 Å². The molecule has 2 nitrogen and oxygen atoms in total. The van der Waals surface area contributed by atoms with E-state index in [1.54, 1.807) is 0 Å². The van der Waals surface area contributed by atoms with Crippen molar-refractivity contribution in [3.8, 4) is 0 Å². The molecule has 1 aliphatic heterocycles. The fourth-order valence-electron chi connectivity index (χ4n) is 3.47. The molecule has 0 bridgehead atoms. The van der Waals surface area contributed by atoms with Crippen LogP contribution in [0.15, 0.2) is 30.3 Å². The quantitative estimate of drug-likeness (QED) is 0.904. The van der Waals surface area contributed by atoms with Crippen molar-refractivity contribution in [1.82, 2.24) is 4.90 Å². The van der Waals surface area contributed by atoms with Crippen molar-refractivity contribution in [3.05, 3.63) is 35.9 Å². The van der Waals surface area contributed by atoms with Crippen molar-refractivity contribution >= 4 is 0 Å². The van der Waals surface area contributed by atoms with E-state index < -0.39 is 0 Å². The summed E-state index contributed by atoms with van der Waals surface area (Å²) in [6.07, 6.45) is 3.69. The van der Waals surface area contributed by atoms with Gasteiger partial charge in [-0.3, -0.25) is 4.90 Å². The van der Waals surface area contributed by atoms with E-state index in [0.29, 0.717) is 11.5 Å². The van der Waals surface area contributed by atoms with Crippen molar-refractivity contribution < 1.29 is 0 Å². The standard InChI is InChI=1S/C18H30N2/c1-18(2,3)16-10-13-20(14-11-16)17(9-12-19)15-7-5-4-6-8-15/h4-8,16-17H,9-14,19H2,1-3H3. The molecule has 0 aliphatic carbocycles. The van der Waals surface area contributed by atoms with Gasteiger partial charge >= 0.3 is 0 Å². The third kappa shape index (κ3) is 3.83. The third-order valence-electron chi connectivity index (χ3n) is 4.82. The topological polar surface area (TPSA) is 29.3 Å². The Hall–Kier alpha value is -0.860.